The summed E-state index contributed by atoms with van der Waals surface area (Å²) in [5, 5.41) is 50.6. The predicted octanol–water partition coefficient (Wildman–Crippen LogP) is 6.56. The average Bonchev–Trinajstić information content (AvgIpc) is 1.65. The topological polar surface area (TPSA) is 448 Å². The van der Waals surface area contributed by atoms with E-state index >= 15 is 0 Å². The zero-order valence-corrected chi connectivity index (χ0v) is 61.4. The molecule has 0 unspecified atom stereocenters. The zero-order chi connectivity index (χ0) is 79.1. The van der Waals surface area contributed by atoms with Crippen molar-refractivity contribution >= 4 is 62.7 Å². The fourth-order valence-electron chi connectivity index (χ4n) is 12.2. The van der Waals surface area contributed by atoms with Gasteiger partial charge in [-0.2, -0.15) is 17.5 Å². The van der Waals surface area contributed by atoms with E-state index < -0.39 is 45.9 Å². The molecule has 4 saturated heterocycles. The van der Waals surface area contributed by atoms with Crippen molar-refractivity contribution < 1.29 is 64.5 Å². The fraction of sp³-hybridized carbons (Fsp3) is 0.295. The van der Waals surface area contributed by atoms with Crippen molar-refractivity contribution in [3.8, 4) is 28.7 Å². The van der Waals surface area contributed by atoms with E-state index in [1.54, 1.807) is 110 Å². The molecule has 19 N–H and O–H groups in total. The molecular weight excluding hydrogens is 1440 g/mol. The van der Waals surface area contributed by atoms with Crippen molar-refractivity contribution in [2.75, 3.05) is 44.9 Å². The summed E-state index contributed by atoms with van der Waals surface area (Å²) >= 11 is 0. The Morgan fingerprint density at radius 3 is 1.42 bits per heavy atom. The van der Waals surface area contributed by atoms with Gasteiger partial charge in [-0.05, 0) is 109 Å². The Labute approximate surface area is 635 Å². The monoisotopic (exact) mass is 1530 g/mol. The van der Waals surface area contributed by atoms with Crippen molar-refractivity contribution in [2.45, 2.75) is 106 Å². The number of ether oxygens (including phenoxy) is 5. The highest BCUT2D eigenvalue weighted by molar-refractivity contribution is 7.88. The lowest BCUT2D eigenvalue weighted by Crippen LogP contribution is -2.45. The fourth-order valence-corrected chi connectivity index (χ4v) is 13.2. The van der Waals surface area contributed by atoms with Crippen LogP contribution in [-0.4, -0.2) is 153 Å². The summed E-state index contributed by atoms with van der Waals surface area (Å²) in [6.45, 7) is 4.30. The normalized spacial score (nSPS) is 19.5. The van der Waals surface area contributed by atoms with Gasteiger partial charge in [0.05, 0.1) is 61.9 Å². The number of anilines is 1. The third-order valence-corrected chi connectivity index (χ3v) is 19.1. The Kier molecular flexibility index (Phi) is 28.9. The lowest BCUT2D eigenvalue weighted by atomic mass is 10.1. The molecule has 1 aromatic heterocycles. The second-order valence-electron chi connectivity index (χ2n) is 26.2. The van der Waals surface area contributed by atoms with Gasteiger partial charge in [0, 0.05) is 86.0 Å². The smallest absolute Gasteiger partial charge is 0.416 e. The van der Waals surface area contributed by atoms with Gasteiger partial charge >= 0.3 is 6.18 Å². The van der Waals surface area contributed by atoms with Crippen LogP contribution in [0.5, 0.6) is 28.7 Å². The van der Waals surface area contributed by atoms with E-state index in [1.165, 1.54) is 12.1 Å². The molecule has 580 valence electrons. The van der Waals surface area contributed by atoms with Gasteiger partial charge in [0.2, 0.25) is 33.7 Å². The number of carbonyl (C=O) groups is 4. The summed E-state index contributed by atoms with van der Waals surface area (Å²) in [7, 11) is -2.04. The molecule has 4 fully saturated rings. The van der Waals surface area contributed by atoms with E-state index in [9.17, 15) is 40.8 Å². The van der Waals surface area contributed by atoms with Crippen LogP contribution in [0.15, 0.2) is 200 Å². The van der Waals surface area contributed by atoms with Crippen molar-refractivity contribution in [3.63, 3.8) is 0 Å². The first-order valence-corrected chi connectivity index (χ1v) is 36.9. The molecule has 0 aliphatic carbocycles. The second-order valence-corrected chi connectivity index (χ2v) is 28.1. The number of halogens is 3. The van der Waals surface area contributed by atoms with Crippen molar-refractivity contribution in [1.82, 2.24) is 41.2 Å². The van der Waals surface area contributed by atoms with Crippen LogP contribution in [0.4, 0.5) is 18.9 Å². The number of alkyl halides is 3. The van der Waals surface area contributed by atoms with E-state index in [-0.39, 0.29) is 103 Å². The number of hydrogen-bond donors (Lipinski definition) is 15. The first-order chi connectivity index (χ1) is 52.5. The first-order valence-electron chi connectivity index (χ1n) is 35.1. The molecule has 4 aliphatic rings. The van der Waals surface area contributed by atoms with Gasteiger partial charge in [0.15, 0.2) is 0 Å². The molecule has 8 aromatic rings. The SMILES string of the molecule is COc1ccc(CNC(=O)[C@@H]2C[C@@H](Oc3cccc(C(=N)N)c3)CN2S(C)(=O)=O)cc1.C[C@H](NC(=O)[C@@H]1C[C@@H](Oc2cccc(C(=N)N)c2)CN1)c1ccccc1.N=C(N)c1cccc(O[C@H]2CN[C@H](C(=O)NCc3ccccn3)C2)c1.N=C(N)c1cccc(O[C@H]2CN[C@H](C(=O)Nc3cccc(C(F)(F)F)c3)C2)c1. The minimum Gasteiger partial charge on any atom is -0.497 e. The number of carbonyl (C=O) groups excluding carboxylic acids is 4. The number of nitrogen functional groups attached to an aromatic ring is 4. The number of amidine groups is 4. The molecule has 28 nitrogen and oxygen atoms in total. The molecule has 0 bridgehead atoms. The van der Waals surface area contributed by atoms with Crippen molar-refractivity contribution in [2.24, 2.45) is 22.9 Å². The number of rotatable bonds is 25. The van der Waals surface area contributed by atoms with E-state index in [2.05, 4.69) is 42.2 Å². The molecule has 5 heterocycles. The lowest BCUT2D eigenvalue weighted by Gasteiger charge is -2.20. The third kappa shape index (κ3) is 24.8. The minimum absolute atomic E-state index is 0.00164. The number of amides is 4. The molecule has 4 amide bonds. The Bertz CT molecular complexity index is 4630. The Hall–Kier alpha value is -12.0. The summed E-state index contributed by atoms with van der Waals surface area (Å²) in [6, 6.07) is 52.9. The summed E-state index contributed by atoms with van der Waals surface area (Å²) in [5.41, 5.74) is 26.3. The van der Waals surface area contributed by atoms with Crippen LogP contribution in [0.25, 0.3) is 0 Å². The van der Waals surface area contributed by atoms with Gasteiger partial charge < -0.3 is 83.8 Å². The number of benzene rings is 7. The summed E-state index contributed by atoms with van der Waals surface area (Å²) in [6.07, 6.45) is -0.943. The molecule has 9 atom stereocenters. The summed E-state index contributed by atoms with van der Waals surface area (Å²) < 4.78 is 92.7. The maximum Gasteiger partial charge on any atom is 0.416 e. The van der Waals surface area contributed by atoms with E-state index in [4.69, 9.17) is 68.3 Å². The largest absolute Gasteiger partial charge is 0.497 e. The van der Waals surface area contributed by atoms with Crippen molar-refractivity contribution in [3.05, 3.63) is 245 Å². The Morgan fingerprint density at radius 2 is 0.973 bits per heavy atom. The molecule has 0 radical (unpaired) electrons. The van der Waals surface area contributed by atoms with Crippen LogP contribution >= 0.6 is 0 Å². The average molecular weight is 1530 g/mol. The van der Waals surface area contributed by atoms with E-state index in [0.29, 0.717) is 96.4 Å². The highest BCUT2D eigenvalue weighted by Gasteiger charge is 2.43. The highest BCUT2D eigenvalue weighted by atomic mass is 32.2. The van der Waals surface area contributed by atoms with E-state index in [1.807, 2.05) is 79.7 Å². The molecule has 110 heavy (non-hydrogen) atoms. The molecule has 32 heteroatoms. The van der Waals surface area contributed by atoms with Gasteiger partial charge in [0.25, 0.3) is 0 Å². The van der Waals surface area contributed by atoms with Crippen LogP contribution < -0.4 is 83.8 Å². The van der Waals surface area contributed by atoms with Crippen LogP contribution in [0.2, 0.25) is 0 Å². The number of hydrogen-bond acceptors (Lipinski definition) is 19. The highest BCUT2D eigenvalue weighted by Crippen LogP contribution is 2.32. The van der Waals surface area contributed by atoms with E-state index in [0.717, 1.165) is 39.5 Å². The van der Waals surface area contributed by atoms with Gasteiger partial charge in [0.1, 0.15) is 82.5 Å². The molecule has 4 aliphatic heterocycles. The number of methoxy groups -OCH3 is 1. The summed E-state index contributed by atoms with van der Waals surface area (Å²) in [5.74, 6) is 1.95. The van der Waals surface area contributed by atoms with Crippen molar-refractivity contribution in [1.29, 1.82) is 21.6 Å². The molecule has 7 aromatic carbocycles. The van der Waals surface area contributed by atoms with Gasteiger partial charge in [-0.3, -0.25) is 45.8 Å². The second kappa shape index (κ2) is 38.7. The Morgan fingerprint density at radius 1 is 0.527 bits per heavy atom. The van der Waals surface area contributed by atoms with Crippen LogP contribution in [-0.2, 0) is 48.5 Å². The van der Waals surface area contributed by atoms with Gasteiger partial charge in [-0.25, -0.2) is 8.42 Å². The summed E-state index contributed by atoms with van der Waals surface area (Å²) in [4.78, 5) is 54.1. The van der Waals surface area contributed by atoms with Gasteiger partial charge in [-0.1, -0.05) is 103 Å². The number of pyridine rings is 1. The van der Waals surface area contributed by atoms with Gasteiger partial charge in [-0.15, -0.1) is 0 Å². The lowest BCUT2D eigenvalue weighted by molar-refractivity contribution is -0.137. The van der Waals surface area contributed by atoms with Crippen LogP contribution in [0.1, 0.15) is 83.3 Å². The maximum absolute atomic E-state index is 12.8. The Balaban J connectivity index is 0.000000169. The minimum atomic E-state index is -4.47. The van der Waals surface area contributed by atoms with Crippen LogP contribution in [0, 0.1) is 21.6 Å². The number of sulfonamides is 1. The standard InChI is InChI=1S/C21H26N4O5S.C20H24N4O2.C19H19F3N4O2.C18H21N5O2/c1-29-16-8-6-14(7-9-16)12-24-21(26)19-11-18(13-25(19)31(2,27)28)30-17-5-3-4-15(10-17)20(22)23;1-13(14-6-3-2-4-7-14)24-20(25)18-11-17(12-23-18)26-16-9-5-8-15(10-16)19(21)22;20-19(21,22)12-4-2-5-13(8-12)26-18(27)16-9-15(10-25-16)28-14-6-1-3-11(7-14)17(23)24;19-17(20)12-4-3-6-14(8-12)25-15-9-16(22-11-15)18(24)23-10-13-5-1-2-7-21-13/h3-10,18-19H,11-13H2,1-2H3,(H3,22,23)(H,24,26);2-10,13,17-18,23H,11-12H2,1H3,(H3,21,22)(H,24,25);1-8,15-16,25H,9-10H2,(H3,23,24)(H,26,27);1-8,15-16,22H,9-11H2,(H3,19,20)(H,23,24)/t18-,19+;13-,17+,18-;2*15-,16+/m1011/s1. The molecule has 0 spiro atoms. The quantitative estimate of drug-likeness (QED) is 0.0213. The van der Waals surface area contributed by atoms with Crippen LogP contribution in [0.3, 0.4) is 0 Å². The maximum atomic E-state index is 12.8. The predicted molar refractivity (Wildman–Crippen MR) is 411 cm³/mol. The number of aromatic nitrogens is 1. The molecular formula is C78H90F3N17O11S. The third-order valence-electron chi connectivity index (χ3n) is 17.9. The number of nitrogens with zero attached hydrogens (tertiary/aromatic N) is 2. The number of nitrogens with two attached hydrogens (primary N) is 4. The number of nitrogens with one attached hydrogen (secondary N) is 11. The molecule has 0 saturated carbocycles. The molecule has 12 rings (SSSR count). The zero-order valence-electron chi connectivity index (χ0n) is 60.6. The first kappa shape index (κ1) is 82.1.